The molecule has 18 heavy (non-hydrogen) atoms. The summed E-state index contributed by atoms with van der Waals surface area (Å²) in [6, 6.07) is 0. The van der Waals surface area contributed by atoms with Crippen LogP contribution >= 0.6 is 11.1 Å². The topological polar surface area (TPSA) is 0 Å². The van der Waals surface area contributed by atoms with E-state index in [1.165, 1.54) is 0 Å². The maximum absolute atomic E-state index is 7.22. The SMILES string of the molecule is C=C[Si](C)(Cl)C([Si](C)(C)C)([Si](C)(C)C)[Si](C)(C)C. The van der Waals surface area contributed by atoms with Crippen molar-refractivity contribution in [2.45, 2.75) is 69.4 Å². The standard InChI is InChI=1S/C13H33ClSi4/c1-12-18(11,14)13(15(2,3)4,16(5,6)7)17(8,9)10/h12H,1H2,2-11H3. The number of hydrogen-bond acceptors (Lipinski definition) is 0. The van der Waals surface area contributed by atoms with Crippen molar-refractivity contribution >= 4 is 42.7 Å². The maximum Gasteiger partial charge on any atom is 0.174 e. The van der Waals surface area contributed by atoms with Gasteiger partial charge in [0, 0.05) is 24.2 Å². The molecular formula is C13H33ClSi4. The van der Waals surface area contributed by atoms with E-state index in [2.05, 4.69) is 77.7 Å². The average molecular weight is 337 g/mol. The Kier molecular flexibility index (Phi) is 5.27. The van der Waals surface area contributed by atoms with E-state index < -0.39 is 31.6 Å². The lowest BCUT2D eigenvalue weighted by atomic mass is 11.3. The highest BCUT2D eigenvalue weighted by atomic mass is 35.6. The molecule has 1 atom stereocenters. The van der Waals surface area contributed by atoms with Crippen molar-refractivity contribution < 1.29 is 0 Å². The maximum atomic E-state index is 7.22. The van der Waals surface area contributed by atoms with Crippen molar-refractivity contribution in [2.24, 2.45) is 0 Å². The molecule has 0 aromatic heterocycles. The van der Waals surface area contributed by atoms with Crippen LogP contribution in [0.1, 0.15) is 0 Å². The molecule has 0 spiro atoms. The monoisotopic (exact) mass is 336 g/mol. The molecule has 0 fully saturated rings. The van der Waals surface area contributed by atoms with E-state index >= 15 is 0 Å². The highest BCUT2D eigenvalue weighted by Crippen LogP contribution is 2.60. The third-order valence-corrected chi connectivity index (χ3v) is 41.1. The van der Waals surface area contributed by atoms with E-state index in [9.17, 15) is 0 Å². The van der Waals surface area contributed by atoms with E-state index in [-0.39, 0.29) is 0 Å². The normalized spacial score (nSPS) is 18.4. The lowest BCUT2D eigenvalue weighted by Crippen LogP contribution is -2.74. The van der Waals surface area contributed by atoms with Crippen molar-refractivity contribution in [1.82, 2.24) is 0 Å². The van der Waals surface area contributed by atoms with E-state index in [4.69, 9.17) is 11.1 Å². The summed E-state index contributed by atoms with van der Waals surface area (Å²) in [7, 11) is -6.09. The minimum atomic E-state index is -1.94. The average Bonchev–Trinajstić information content (AvgIpc) is 1.94. The van der Waals surface area contributed by atoms with Gasteiger partial charge < -0.3 is 0 Å². The molecule has 0 nitrogen and oxygen atoms in total. The van der Waals surface area contributed by atoms with Crippen LogP contribution in [0.15, 0.2) is 12.3 Å². The third-order valence-electron chi connectivity index (χ3n) is 4.49. The molecule has 108 valence electrons. The van der Waals surface area contributed by atoms with Gasteiger partial charge in [0.05, 0.1) is 0 Å². The van der Waals surface area contributed by atoms with Crippen LogP contribution in [0.25, 0.3) is 0 Å². The van der Waals surface area contributed by atoms with Gasteiger partial charge in [0.15, 0.2) is 7.38 Å². The van der Waals surface area contributed by atoms with Crippen LogP contribution in [0, 0.1) is 0 Å². The van der Waals surface area contributed by atoms with E-state index in [0.717, 1.165) is 0 Å². The fourth-order valence-electron chi connectivity index (χ4n) is 5.73. The Bertz CT molecular complexity index is 279. The molecule has 1 unspecified atom stereocenters. The summed E-state index contributed by atoms with van der Waals surface area (Å²) in [5.41, 5.74) is 2.17. The fourth-order valence-corrected chi connectivity index (χ4v) is 59.2. The summed E-state index contributed by atoms with van der Waals surface area (Å²) in [5.74, 6) is 0. The van der Waals surface area contributed by atoms with Crippen LogP contribution < -0.4 is 0 Å². The summed E-state index contributed by atoms with van der Waals surface area (Å²) in [5, 5.41) is 0. The third kappa shape index (κ3) is 2.68. The summed E-state index contributed by atoms with van der Waals surface area (Å²) in [4.78, 5) is 0. The zero-order chi connectivity index (χ0) is 15.2. The molecule has 0 saturated heterocycles. The first-order chi connectivity index (χ1) is 7.56. The molecule has 0 amide bonds. The van der Waals surface area contributed by atoms with Gasteiger partial charge in [-0.25, -0.2) is 0 Å². The Labute approximate surface area is 124 Å². The predicted octanol–water partition coefficient (Wildman–Crippen LogP) is 5.90. The van der Waals surface area contributed by atoms with Crippen LogP contribution in [-0.2, 0) is 0 Å². The van der Waals surface area contributed by atoms with Gasteiger partial charge in [-0.3, -0.25) is 0 Å². The summed E-state index contributed by atoms with van der Waals surface area (Å²) in [6.45, 7) is 29.4. The summed E-state index contributed by atoms with van der Waals surface area (Å²) < 4.78 is 0.462. The van der Waals surface area contributed by atoms with Crippen LogP contribution in [0.3, 0.4) is 0 Å². The Morgan fingerprint density at radius 2 is 0.944 bits per heavy atom. The van der Waals surface area contributed by atoms with Crippen LogP contribution in [0.2, 0.25) is 69.4 Å². The van der Waals surface area contributed by atoms with Crippen LogP contribution in [0.5, 0.6) is 0 Å². The van der Waals surface area contributed by atoms with Crippen LogP contribution in [0.4, 0.5) is 0 Å². The highest BCUT2D eigenvalue weighted by molar-refractivity contribution is 7.43. The lowest BCUT2D eigenvalue weighted by molar-refractivity contribution is 1.20. The molecule has 0 bridgehead atoms. The van der Waals surface area contributed by atoms with Gasteiger partial charge in [0.25, 0.3) is 0 Å². The molecule has 0 N–H and O–H groups in total. The molecule has 5 heteroatoms. The molecule has 0 aromatic rings. The number of rotatable bonds is 5. The van der Waals surface area contributed by atoms with Crippen molar-refractivity contribution in [3.63, 3.8) is 0 Å². The molecule has 0 aliphatic heterocycles. The van der Waals surface area contributed by atoms with Gasteiger partial charge in [0.2, 0.25) is 0 Å². The molecule has 0 aliphatic carbocycles. The van der Waals surface area contributed by atoms with Crippen molar-refractivity contribution in [1.29, 1.82) is 0 Å². The molecule has 0 radical (unpaired) electrons. The van der Waals surface area contributed by atoms with Crippen molar-refractivity contribution in [2.75, 3.05) is 0 Å². The second-order valence-electron chi connectivity index (χ2n) is 8.78. The van der Waals surface area contributed by atoms with Gasteiger partial charge in [0.1, 0.15) is 0 Å². The Balaban J connectivity index is 6.57. The second-order valence-corrected chi connectivity index (χ2v) is 33.2. The first kappa shape index (κ1) is 18.9. The highest BCUT2D eigenvalue weighted by Gasteiger charge is 2.67. The van der Waals surface area contributed by atoms with Gasteiger partial charge >= 0.3 is 0 Å². The zero-order valence-corrected chi connectivity index (χ0v) is 18.9. The Morgan fingerprint density at radius 1 is 0.722 bits per heavy atom. The first-order valence-corrected chi connectivity index (χ1v) is 21.0. The van der Waals surface area contributed by atoms with Gasteiger partial charge in [-0.05, 0) is 3.91 Å². The second kappa shape index (κ2) is 5.02. The summed E-state index contributed by atoms with van der Waals surface area (Å²) in [6.07, 6.45) is 0. The smallest absolute Gasteiger partial charge is 0.162 e. The minimum absolute atomic E-state index is 0.462. The van der Waals surface area contributed by atoms with E-state index in [1.54, 1.807) is 0 Å². The molecule has 0 heterocycles. The van der Waals surface area contributed by atoms with Gasteiger partial charge in [-0.15, -0.1) is 6.58 Å². The van der Waals surface area contributed by atoms with Gasteiger partial charge in [-0.1, -0.05) is 71.2 Å². The first-order valence-electron chi connectivity index (χ1n) is 6.89. The van der Waals surface area contributed by atoms with E-state index in [0.29, 0.717) is 3.91 Å². The molecule has 0 saturated carbocycles. The number of hydrogen-bond donors (Lipinski definition) is 0. The lowest BCUT2D eigenvalue weighted by Gasteiger charge is -2.64. The molecule has 0 rings (SSSR count). The quantitative estimate of drug-likeness (QED) is 0.433. The van der Waals surface area contributed by atoms with E-state index in [1.807, 2.05) is 0 Å². The number of halogens is 1. The largest absolute Gasteiger partial charge is 0.174 e. The van der Waals surface area contributed by atoms with Crippen molar-refractivity contribution in [3.05, 3.63) is 12.3 Å². The molecular weight excluding hydrogens is 304 g/mol. The van der Waals surface area contributed by atoms with Crippen molar-refractivity contribution in [3.8, 4) is 0 Å². The van der Waals surface area contributed by atoms with Gasteiger partial charge in [-0.2, -0.15) is 11.1 Å². The zero-order valence-electron chi connectivity index (χ0n) is 14.2. The predicted molar refractivity (Wildman–Crippen MR) is 100 cm³/mol. The minimum Gasteiger partial charge on any atom is -0.162 e. The Morgan fingerprint density at radius 3 is 1.00 bits per heavy atom. The fraction of sp³-hybridized carbons (Fsp3) is 0.846. The van der Waals surface area contributed by atoms with Crippen LogP contribution in [-0.4, -0.2) is 31.6 Å². The molecule has 0 aromatic carbocycles. The summed E-state index contributed by atoms with van der Waals surface area (Å²) >= 11 is 7.22. The Hall–Kier alpha value is 0.898. The molecule has 0 aliphatic rings.